The number of aromatic nitrogens is 3. The number of azo groups is 2. The summed E-state index contributed by atoms with van der Waals surface area (Å²) in [7, 11) is -19.8. The number of hydrogen-bond donors (Lipinski definition) is 4. The maximum Gasteiger partial charge on any atom is 0.425 e. The van der Waals surface area contributed by atoms with Crippen molar-refractivity contribution >= 4 is 127 Å². The Morgan fingerprint density at radius 1 is 0.600 bits per heavy atom. The molecule has 0 saturated heterocycles. The first-order valence-electron chi connectivity index (χ1n) is 18.8. The van der Waals surface area contributed by atoms with Crippen LogP contribution >= 0.6 is 46.4 Å². The number of anilines is 1. The first-order chi connectivity index (χ1) is 32.6. The van der Waals surface area contributed by atoms with Gasteiger partial charge in [-0.15, -0.1) is 35.5 Å². The summed E-state index contributed by atoms with van der Waals surface area (Å²) in [6, 6.07) is 16.1. The van der Waals surface area contributed by atoms with E-state index in [2.05, 4.69) is 40.7 Å². The van der Waals surface area contributed by atoms with Gasteiger partial charge in [-0.05, 0) is 67.4 Å². The second-order valence-corrected chi connectivity index (χ2v) is 20.2. The molecule has 4 N–H and O–H groups in total. The molecule has 25 nitrogen and oxygen atoms in total. The van der Waals surface area contributed by atoms with E-state index in [0.717, 1.165) is 6.07 Å². The summed E-state index contributed by atoms with van der Waals surface area (Å²) in [4.78, 5) is 12.7. The average molecular weight is 1150 g/mol. The molecule has 0 unspecified atom stereocenters. The number of ether oxygens (including phenoxy) is 2. The van der Waals surface area contributed by atoms with E-state index in [-0.39, 0.29) is 75.7 Å². The van der Waals surface area contributed by atoms with Crippen molar-refractivity contribution in [1.82, 2.24) is 15.0 Å². The highest BCUT2D eigenvalue weighted by Gasteiger charge is 2.19. The number of benzene rings is 4. The van der Waals surface area contributed by atoms with Crippen LogP contribution in [0.2, 0.25) is 20.1 Å². The summed E-state index contributed by atoms with van der Waals surface area (Å²) in [5.41, 5.74) is 1.62. The lowest BCUT2D eigenvalue weighted by molar-refractivity contribution is 0.313. The van der Waals surface area contributed by atoms with Gasteiger partial charge in [-0.1, -0.05) is 53.3 Å². The third kappa shape index (κ3) is 22.1. The first-order valence-corrected chi connectivity index (χ1v) is 27.0. The third-order valence-corrected chi connectivity index (χ3v) is 11.4. The van der Waals surface area contributed by atoms with Gasteiger partial charge in [0.25, 0.3) is 30.4 Å². The standard InChI is InChI=1S/C36H34Cl4N8O11S3.2O3S/c1-2-10-58-31-18-29(47-45-24-6-4-23(37)5-7-24)27(39)13-21(31)15-34-42-35(44-36(43-34)41-20-61(52,53)54)16-22-14-28(40)30(19-32(22)59-11-3-12-60(49,50)51)48-46-25-8-9-26(38)33(17-25)62(55,56)57;2*1-4(2)3/h4-9,13-14,17-19H,2-3,10-12,15-16,20H2,1H3,(H,49,50,51)(H,52,53,54)(H,55,56,57)(H,41,42,43,44);;. The van der Waals surface area contributed by atoms with Crippen LogP contribution in [0, 0.1) is 0 Å². The second-order valence-electron chi connectivity index (χ2n) is 13.3. The molecule has 1 heterocycles. The van der Waals surface area contributed by atoms with Crippen LogP contribution in [0.3, 0.4) is 0 Å². The third-order valence-electron chi connectivity index (χ3n) is 7.93. The quantitative estimate of drug-likeness (QED) is 0.0334. The van der Waals surface area contributed by atoms with Gasteiger partial charge in [0.15, 0.2) is 0 Å². The minimum Gasteiger partial charge on any atom is -0.493 e. The number of rotatable bonds is 20. The highest BCUT2D eigenvalue weighted by atomic mass is 35.5. The van der Waals surface area contributed by atoms with Gasteiger partial charge in [0.1, 0.15) is 45.3 Å². The van der Waals surface area contributed by atoms with Gasteiger partial charge in [0, 0.05) is 41.1 Å². The van der Waals surface area contributed by atoms with Crippen molar-refractivity contribution in [2.24, 2.45) is 20.5 Å². The van der Waals surface area contributed by atoms with Crippen LogP contribution in [0.1, 0.15) is 42.5 Å². The minimum absolute atomic E-state index is 0.00216. The maximum atomic E-state index is 11.7. The lowest BCUT2D eigenvalue weighted by Gasteiger charge is -2.15. The fourth-order valence-electron chi connectivity index (χ4n) is 5.19. The van der Waals surface area contributed by atoms with Gasteiger partial charge < -0.3 is 14.8 Å². The van der Waals surface area contributed by atoms with Crippen LogP contribution in [-0.4, -0.2) is 104 Å². The number of hydrogen-bond acceptors (Lipinski definition) is 22. The van der Waals surface area contributed by atoms with Gasteiger partial charge in [-0.2, -0.15) is 45.4 Å². The lowest BCUT2D eigenvalue weighted by atomic mass is 10.1. The van der Waals surface area contributed by atoms with Crippen molar-refractivity contribution in [2.45, 2.75) is 37.5 Å². The Kier molecular flexibility index (Phi) is 23.0. The smallest absolute Gasteiger partial charge is 0.425 e. The summed E-state index contributed by atoms with van der Waals surface area (Å²) < 4.78 is 160. The van der Waals surface area contributed by atoms with Crippen molar-refractivity contribution in [2.75, 3.05) is 30.2 Å². The molecular formula is C36H34Cl4N8O17S5. The van der Waals surface area contributed by atoms with Gasteiger partial charge in [-0.3, -0.25) is 13.7 Å². The number of halogens is 4. The van der Waals surface area contributed by atoms with Crippen molar-refractivity contribution < 1.29 is 73.6 Å². The van der Waals surface area contributed by atoms with E-state index in [1.165, 1.54) is 24.3 Å². The van der Waals surface area contributed by atoms with E-state index in [0.29, 0.717) is 46.3 Å². The van der Waals surface area contributed by atoms with Crippen LogP contribution in [0.15, 0.2) is 92.1 Å². The van der Waals surface area contributed by atoms with Crippen LogP contribution in [0.4, 0.5) is 28.7 Å². The molecule has 0 bridgehead atoms. The molecule has 34 heteroatoms. The number of nitrogens with zero attached hydrogens (tertiary/aromatic N) is 7. The van der Waals surface area contributed by atoms with E-state index >= 15 is 0 Å². The zero-order valence-corrected chi connectivity index (χ0v) is 42.4. The van der Waals surface area contributed by atoms with Gasteiger partial charge >= 0.3 is 21.2 Å². The van der Waals surface area contributed by atoms with E-state index in [4.69, 9.17) is 81.1 Å². The molecule has 1 aromatic heterocycles. The zero-order chi connectivity index (χ0) is 52.4. The van der Waals surface area contributed by atoms with Crippen LogP contribution in [-0.2, 0) is 64.4 Å². The minimum atomic E-state index is -4.70. The van der Waals surface area contributed by atoms with Crippen LogP contribution in [0.5, 0.6) is 11.5 Å². The molecule has 0 radical (unpaired) electrons. The molecule has 0 spiro atoms. The average Bonchev–Trinajstić information content (AvgIpc) is 3.23. The Morgan fingerprint density at radius 2 is 1.07 bits per heavy atom. The largest absolute Gasteiger partial charge is 0.493 e. The second kappa shape index (κ2) is 27.3. The Bertz CT molecular complexity index is 3280. The van der Waals surface area contributed by atoms with Gasteiger partial charge in [0.05, 0.1) is 45.4 Å². The first kappa shape index (κ1) is 58.9. The van der Waals surface area contributed by atoms with Crippen LogP contribution in [0.25, 0.3) is 0 Å². The molecule has 0 aliphatic rings. The van der Waals surface area contributed by atoms with Crippen molar-refractivity contribution in [3.63, 3.8) is 0 Å². The monoisotopic (exact) mass is 1150 g/mol. The molecule has 378 valence electrons. The lowest BCUT2D eigenvalue weighted by Crippen LogP contribution is -2.17. The van der Waals surface area contributed by atoms with E-state index in [1.54, 1.807) is 36.4 Å². The number of nitrogens with one attached hydrogen (secondary N) is 1. The van der Waals surface area contributed by atoms with Gasteiger partial charge in [-0.25, -0.2) is 4.98 Å². The molecule has 5 aromatic rings. The SMILES string of the molecule is CCCOc1cc(N=Nc2ccc(Cl)cc2)c(Cl)cc1Cc1nc(Cc2cc(Cl)c(N=Nc3ccc(Cl)c(S(=O)(=O)O)c3)cc2OCCCS(=O)(=O)O)nc(NCS(=O)(=O)O)n1.O=S(=O)=O.O=S(=O)=O. The van der Waals surface area contributed by atoms with E-state index < -0.39 is 68.1 Å². The summed E-state index contributed by atoms with van der Waals surface area (Å²) in [6.45, 7) is 2.01. The molecule has 4 aromatic carbocycles. The van der Waals surface area contributed by atoms with E-state index in [1.807, 2.05) is 6.92 Å². The summed E-state index contributed by atoms with van der Waals surface area (Å²) in [5, 5.41) is 19.5. The topological polar surface area (TPSA) is 384 Å². The summed E-state index contributed by atoms with van der Waals surface area (Å²) in [6.07, 6.45) is 0.321. The fourth-order valence-corrected chi connectivity index (χ4v) is 7.55. The molecule has 0 amide bonds. The maximum absolute atomic E-state index is 11.7. The Hall–Kier alpha value is -5.38. The molecule has 0 saturated carbocycles. The highest BCUT2D eigenvalue weighted by molar-refractivity contribution is 7.86. The van der Waals surface area contributed by atoms with Crippen molar-refractivity contribution in [3.05, 3.63) is 110 Å². The Morgan fingerprint density at radius 3 is 1.53 bits per heavy atom. The highest BCUT2D eigenvalue weighted by Crippen LogP contribution is 2.38. The molecular weight excluding hydrogens is 1120 g/mol. The molecule has 0 aliphatic carbocycles. The molecule has 70 heavy (non-hydrogen) atoms. The van der Waals surface area contributed by atoms with Crippen LogP contribution < -0.4 is 14.8 Å². The fraction of sp³-hybridized carbons (Fsp3) is 0.250. The predicted octanol–water partition coefficient (Wildman–Crippen LogP) is 7.44. The molecule has 0 atom stereocenters. The van der Waals surface area contributed by atoms with Crippen molar-refractivity contribution in [3.8, 4) is 11.5 Å². The Labute approximate surface area is 421 Å². The van der Waals surface area contributed by atoms with Crippen molar-refractivity contribution in [1.29, 1.82) is 0 Å². The summed E-state index contributed by atoms with van der Waals surface area (Å²) in [5.74, 6) is -1.22. The molecule has 0 fully saturated rings. The molecule has 0 aliphatic heterocycles. The normalized spacial score (nSPS) is 11.6. The zero-order valence-electron chi connectivity index (χ0n) is 35.2. The van der Waals surface area contributed by atoms with Gasteiger partial charge in [0.2, 0.25) is 5.95 Å². The summed E-state index contributed by atoms with van der Waals surface area (Å²) >= 11 is 25.2. The Balaban J connectivity index is 0.00000150. The predicted molar refractivity (Wildman–Crippen MR) is 251 cm³/mol. The van der Waals surface area contributed by atoms with E-state index in [9.17, 15) is 38.9 Å². The molecule has 5 rings (SSSR count).